The summed E-state index contributed by atoms with van der Waals surface area (Å²) in [6.07, 6.45) is 1.52. The van der Waals surface area contributed by atoms with Gasteiger partial charge < -0.3 is 5.32 Å². The highest BCUT2D eigenvalue weighted by Gasteiger charge is 2.27. The van der Waals surface area contributed by atoms with Gasteiger partial charge in [-0.25, -0.2) is 9.97 Å². The number of carbonyl (C=O) groups excluding carboxylic acids is 1. The van der Waals surface area contributed by atoms with Crippen molar-refractivity contribution < 1.29 is 18.0 Å². The molecule has 5 nitrogen and oxygen atoms in total. The third-order valence-corrected chi connectivity index (χ3v) is 2.23. The molecule has 0 atom stereocenters. The third kappa shape index (κ3) is 3.54. The van der Waals surface area contributed by atoms with Crippen molar-refractivity contribution in [3.05, 3.63) is 42.6 Å². The Bertz CT molecular complexity index is 566. The number of carbonyl (C=O) groups is 1. The van der Waals surface area contributed by atoms with Gasteiger partial charge in [0.05, 0.1) is 0 Å². The Morgan fingerprint density at radius 1 is 1.37 bits per heavy atom. The molecule has 0 fully saturated rings. The summed E-state index contributed by atoms with van der Waals surface area (Å²) in [5, 5.41) is 1.79. The molecule has 1 amide bonds. The molecule has 100 valence electrons. The number of rotatable bonds is 3. The lowest BCUT2D eigenvalue weighted by Crippen LogP contribution is -2.33. The average Bonchev–Trinajstić information content (AvgIpc) is 2.89. The number of hydrogen-bond donors (Lipinski definition) is 1. The standard InChI is InChI=1S/C11H9F3N4O/c12-11(13,14)6-17-10(19)8-1-2-16-9(5-8)18-4-3-15-7-18/h1-5,7H,6H2,(H,17,19). The lowest BCUT2D eigenvalue weighted by atomic mass is 10.2. The van der Waals surface area contributed by atoms with E-state index in [1.807, 2.05) is 0 Å². The number of pyridine rings is 1. The van der Waals surface area contributed by atoms with E-state index in [2.05, 4.69) is 9.97 Å². The van der Waals surface area contributed by atoms with E-state index in [4.69, 9.17) is 0 Å². The lowest BCUT2D eigenvalue weighted by Gasteiger charge is -2.09. The summed E-state index contributed by atoms with van der Waals surface area (Å²) in [4.78, 5) is 19.4. The van der Waals surface area contributed by atoms with Crippen molar-refractivity contribution in [3.8, 4) is 5.82 Å². The minimum Gasteiger partial charge on any atom is -0.343 e. The van der Waals surface area contributed by atoms with Crippen LogP contribution in [0.15, 0.2) is 37.1 Å². The summed E-state index contributed by atoms with van der Waals surface area (Å²) in [7, 11) is 0. The van der Waals surface area contributed by atoms with Crippen LogP contribution in [0.25, 0.3) is 5.82 Å². The molecule has 2 heterocycles. The monoisotopic (exact) mass is 270 g/mol. The molecule has 2 rings (SSSR count). The number of nitrogens with one attached hydrogen (secondary N) is 1. The van der Waals surface area contributed by atoms with Crippen molar-refractivity contribution in [2.75, 3.05) is 6.54 Å². The van der Waals surface area contributed by atoms with Gasteiger partial charge in [-0.3, -0.25) is 9.36 Å². The van der Waals surface area contributed by atoms with Crippen molar-refractivity contribution in [2.24, 2.45) is 0 Å². The van der Waals surface area contributed by atoms with Crippen molar-refractivity contribution >= 4 is 5.91 Å². The number of amides is 1. The number of imidazole rings is 1. The maximum Gasteiger partial charge on any atom is 0.405 e. The largest absolute Gasteiger partial charge is 0.405 e. The maximum atomic E-state index is 12.0. The fraction of sp³-hybridized carbons (Fsp3) is 0.182. The predicted octanol–water partition coefficient (Wildman–Crippen LogP) is 1.56. The van der Waals surface area contributed by atoms with Crippen LogP contribution in [0.2, 0.25) is 0 Å². The Morgan fingerprint density at radius 3 is 2.79 bits per heavy atom. The highest BCUT2D eigenvalue weighted by atomic mass is 19.4. The van der Waals surface area contributed by atoms with Crippen molar-refractivity contribution in [1.82, 2.24) is 19.9 Å². The normalized spacial score (nSPS) is 11.3. The second-order valence-corrected chi connectivity index (χ2v) is 3.67. The van der Waals surface area contributed by atoms with Crippen molar-refractivity contribution in [2.45, 2.75) is 6.18 Å². The molecule has 0 saturated heterocycles. The molecule has 0 radical (unpaired) electrons. The summed E-state index contributed by atoms with van der Waals surface area (Å²) in [6, 6.07) is 2.72. The number of aromatic nitrogens is 3. The topological polar surface area (TPSA) is 59.8 Å². The van der Waals surface area contributed by atoms with E-state index in [1.54, 1.807) is 16.1 Å². The first-order valence-electron chi connectivity index (χ1n) is 5.25. The van der Waals surface area contributed by atoms with Gasteiger partial charge in [-0.1, -0.05) is 0 Å². The zero-order valence-electron chi connectivity index (χ0n) is 9.55. The second-order valence-electron chi connectivity index (χ2n) is 3.67. The van der Waals surface area contributed by atoms with Crippen LogP contribution in [0, 0.1) is 0 Å². The molecule has 19 heavy (non-hydrogen) atoms. The van der Waals surface area contributed by atoms with Gasteiger partial charge in [0.15, 0.2) is 0 Å². The van der Waals surface area contributed by atoms with E-state index in [0.717, 1.165) is 0 Å². The quantitative estimate of drug-likeness (QED) is 0.920. The van der Waals surface area contributed by atoms with Gasteiger partial charge in [-0.2, -0.15) is 13.2 Å². The van der Waals surface area contributed by atoms with E-state index in [0.29, 0.717) is 5.82 Å². The van der Waals surface area contributed by atoms with E-state index >= 15 is 0 Å². The molecule has 2 aromatic heterocycles. The number of halogens is 3. The van der Waals surface area contributed by atoms with Crippen LogP contribution in [0.3, 0.4) is 0 Å². The summed E-state index contributed by atoms with van der Waals surface area (Å²) in [6.45, 7) is -1.37. The molecule has 0 aliphatic carbocycles. The molecular weight excluding hydrogens is 261 g/mol. The van der Waals surface area contributed by atoms with Crippen LogP contribution in [0.5, 0.6) is 0 Å². The lowest BCUT2D eigenvalue weighted by molar-refractivity contribution is -0.123. The fourth-order valence-electron chi connectivity index (χ4n) is 1.38. The SMILES string of the molecule is O=C(NCC(F)(F)F)c1ccnc(-n2ccnc2)c1. The molecule has 2 aromatic rings. The first kappa shape index (κ1) is 13.1. The van der Waals surface area contributed by atoms with Gasteiger partial charge in [0.2, 0.25) is 0 Å². The van der Waals surface area contributed by atoms with E-state index in [1.165, 1.54) is 30.9 Å². The van der Waals surface area contributed by atoms with Crippen LogP contribution in [0.4, 0.5) is 13.2 Å². The van der Waals surface area contributed by atoms with E-state index in [9.17, 15) is 18.0 Å². The van der Waals surface area contributed by atoms with Gasteiger partial charge in [-0.05, 0) is 12.1 Å². The van der Waals surface area contributed by atoms with Gasteiger partial charge in [0.25, 0.3) is 5.91 Å². The van der Waals surface area contributed by atoms with Crippen LogP contribution in [0.1, 0.15) is 10.4 Å². The highest BCUT2D eigenvalue weighted by Crippen LogP contribution is 2.13. The van der Waals surface area contributed by atoms with Crippen LogP contribution in [-0.4, -0.2) is 33.2 Å². The van der Waals surface area contributed by atoms with Crippen LogP contribution in [-0.2, 0) is 0 Å². The van der Waals surface area contributed by atoms with Crippen molar-refractivity contribution in [3.63, 3.8) is 0 Å². The zero-order chi connectivity index (χ0) is 13.9. The Hall–Kier alpha value is -2.38. The van der Waals surface area contributed by atoms with Crippen LogP contribution >= 0.6 is 0 Å². The molecule has 1 N–H and O–H groups in total. The molecule has 0 aromatic carbocycles. The smallest absolute Gasteiger partial charge is 0.343 e. The summed E-state index contributed by atoms with van der Waals surface area (Å²) < 4.78 is 37.5. The number of hydrogen-bond acceptors (Lipinski definition) is 3. The Balaban J connectivity index is 2.13. The Morgan fingerprint density at radius 2 is 2.16 bits per heavy atom. The van der Waals surface area contributed by atoms with Gasteiger partial charge in [0.1, 0.15) is 18.7 Å². The molecule has 0 saturated carbocycles. The van der Waals surface area contributed by atoms with E-state index < -0.39 is 18.6 Å². The first-order chi connectivity index (χ1) is 8.96. The number of nitrogens with zero attached hydrogens (tertiary/aromatic N) is 3. The maximum absolute atomic E-state index is 12.0. The minimum absolute atomic E-state index is 0.1000. The first-order valence-corrected chi connectivity index (χ1v) is 5.25. The average molecular weight is 270 g/mol. The molecule has 0 bridgehead atoms. The zero-order valence-corrected chi connectivity index (χ0v) is 9.55. The number of alkyl halides is 3. The summed E-state index contributed by atoms with van der Waals surface area (Å²) in [5.41, 5.74) is 0.1000. The molecule has 0 aliphatic rings. The molecule has 0 unspecified atom stereocenters. The highest BCUT2D eigenvalue weighted by molar-refractivity contribution is 5.94. The minimum atomic E-state index is -4.43. The van der Waals surface area contributed by atoms with E-state index in [-0.39, 0.29) is 5.56 Å². The van der Waals surface area contributed by atoms with Gasteiger partial charge in [-0.15, -0.1) is 0 Å². The molecule has 0 spiro atoms. The predicted molar refractivity (Wildman–Crippen MR) is 59.7 cm³/mol. The fourth-order valence-corrected chi connectivity index (χ4v) is 1.38. The summed E-state index contributed by atoms with van der Waals surface area (Å²) >= 11 is 0. The Kier molecular flexibility index (Phi) is 3.50. The molecule has 8 heteroatoms. The Labute approximate surface area is 106 Å². The second kappa shape index (κ2) is 5.09. The third-order valence-electron chi connectivity index (χ3n) is 2.23. The molecule has 0 aliphatic heterocycles. The van der Waals surface area contributed by atoms with Crippen LogP contribution < -0.4 is 5.32 Å². The van der Waals surface area contributed by atoms with Crippen molar-refractivity contribution in [1.29, 1.82) is 0 Å². The van der Waals surface area contributed by atoms with Gasteiger partial charge in [0, 0.05) is 24.2 Å². The van der Waals surface area contributed by atoms with Gasteiger partial charge >= 0.3 is 6.18 Å². The molecular formula is C11H9F3N4O. The summed E-state index contributed by atoms with van der Waals surface area (Å²) in [5.74, 6) is -0.404.